The summed E-state index contributed by atoms with van der Waals surface area (Å²) in [4.78, 5) is 7.41. The van der Waals surface area contributed by atoms with Gasteiger partial charge in [-0.3, -0.25) is 0 Å². The first-order chi connectivity index (χ1) is 10.5. The zero-order valence-corrected chi connectivity index (χ0v) is 14.9. The highest BCUT2D eigenvalue weighted by Gasteiger charge is 2.26. The monoisotopic (exact) mass is 303 g/mol. The second kappa shape index (κ2) is 6.74. The second-order valence-electron chi connectivity index (χ2n) is 8.09. The average Bonchev–Trinajstić information content (AvgIpc) is 2.90. The number of imidazole rings is 1. The van der Waals surface area contributed by atoms with E-state index in [9.17, 15) is 0 Å². The molecule has 3 nitrogen and oxygen atoms in total. The molecule has 22 heavy (non-hydrogen) atoms. The molecule has 1 atom stereocenters. The van der Waals surface area contributed by atoms with Gasteiger partial charge in [0.2, 0.25) is 0 Å². The molecule has 0 bridgehead atoms. The zero-order valence-electron chi connectivity index (χ0n) is 14.9. The van der Waals surface area contributed by atoms with Crippen LogP contribution in [0.4, 0.5) is 0 Å². The minimum Gasteiger partial charge on any atom is -0.332 e. The number of hydrogen-bond donors (Lipinski definition) is 0. The lowest BCUT2D eigenvalue weighted by atomic mass is 9.86. The van der Waals surface area contributed by atoms with Crippen LogP contribution in [-0.2, 0) is 19.4 Å². The van der Waals surface area contributed by atoms with E-state index in [-0.39, 0.29) is 0 Å². The standard InChI is InChI=1S/C19H33N3/c1-14(2)17-7-10-22-18(12-17)13-20-19(22)11-16-5-8-21(9-6-16)15(3)4/h13-17H,5-12H2,1-4H3. The molecule has 1 fully saturated rings. The summed E-state index contributed by atoms with van der Waals surface area (Å²) in [6.07, 6.45) is 8.60. The summed E-state index contributed by atoms with van der Waals surface area (Å²) in [5.74, 6) is 3.85. The van der Waals surface area contributed by atoms with Crippen LogP contribution in [0.1, 0.15) is 58.5 Å². The van der Waals surface area contributed by atoms with E-state index in [1.165, 1.54) is 63.3 Å². The van der Waals surface area contributed by atoms with Crippen molar-refractivity contribution in [1.82, 2.24) is 14.5 Å². The van der Waals surface area contributed by atoms with Crippen molar-refractivity contribution in [2.75, 3.05) is 13.1 Å². The highest BCUT2D eigenvalue weighted by molar-refractivity contribution is 5.10. The van der Waals surface area contributed by atoms with Crippen molar-refractivity contribution in [3.05, 3.63) is 17.7 Å². The quantitative estimate of drug-likeness (QED) is 0.844. The molecule has 0 N–H and O–H groups in total. The first kappa shape index (κ1) is 16.0. The summed E-state index contributed by atoms with van der Waals surface area (Å²) in [7, 11) is 0. The van der Waals surface area contributed by atoms with Crippen LogP contribution in [0.15, 0.2) is 6.20 Å². The fourth-order valence-electron chi connectivity index (χ4n) is 4.22. The minimum atomic E-state index is 0.702. The third kappa shape index (κ3) is 3.40. The molecule has 1 aromatic heterocycles. The van der Waals surface area contributed by atoms with Gasteiger partial charge in [-0.05, 0) is 70.4 Å². The molecule has 1 aromatic rings. The van der Waals surface area contributed by atoms with Gasteiger partial charge >= 0.3 is 0 Å². The zero-order chi connectivity index (χ0) is 15.7. The van der Waals surface area contributed by atoms with Gasteiger partial charge in [-0.2, -0.15) is 0 Å². The first-order valence-corrected chi connectivity index (χ1v) is 9.32. The SMILES string of the molecule is CC(C)C1CCn2c(cnc2CC2CCN(C(C)C)CC2)C1. The summed E-state index contributed by atoms with van der Waals surface area (Å²) >= 11 is 0. The summed E-state index contributed by atoms with van der Waals surface area (Å²) in [6.45, 7) is 13.1. The van der Waals surface area contributed by atoms with Crippen LogP contribution in [-0.4, -0.2) is 33.6 Å². The van der Waals surface area contributed by atoms with Crippen molar-refractivity contribution < 1.29 is 0 Å². The molecule has 3 rings (SSSR count). The number of piperidine rings is 1. The van der Waals surface area contributed by atoms with Crippen molar-refractivity contribution in [3.63, 3.8) is 0 Å². The van der Waals surface area contributed by atoms with Gasteiger partial charge in [-0.15, -0.1) is 0 Å². The van der Waals surface area contributed by atoms with E-state index in [1.807, 2.05) is 0 Å². The van der Waals surface area contributed by atoms with Crippen molar-refractivity contribution in [1.29, 1.82) is 0 Å². The summed E-state index contributed by atoms with van der Waals surface area (Å²) in [6, 6.07) is 0.702. The maximum Gasteiger partial charge on any atom is 0.109 e. The van der Waals surface area contributed by atoms with Gasteiger partial charge < -0.3 is 9.47 Å². The number of fused-ring (bicyclic) bond motifs is 1. The molecular formula is C19H33N3. The Morgan fingerprint density at radius 1 is 1.09 bits per heavy atom. The molecule has 3 heterocycles. The predicted molar refractivity (Wildman–Crippen MR) is 92.0 cm³/mol. The summed E-state index contributed by atoms with van der Waals surface area (Å²) in [5.41, 5.74) is 1.49. The molecule has 0 radical (unpaired) electrons. The van der Waals surface area contributed by atoms with E-state index >= 15 is 0 Å². The van der Waals surface area contributed by atoms with E-state index in [0.717, 1.165) is 17.8 Å². The van der Waals surface area contributed by atoms with Gasteiger partial charge in [-0.1, -0.05) is 13.8 Å². The number of hydrogen-bond acceptors (Lipinski definition) is 2. The van der Waals surface area contributed by atoms with Gasteiger partial charge in [0.15, 0.2) is 0 Å². The van der Waals surface area contributed by atoms with Crippen LogP contribution in [0, 0.1) is 17.8 Å². The van der Waals surface area contributed by atoms with Gasteiger partial charge in [0, 0.05) is 30.9 Å². The van der Waals surface area contributed by atoms with E-state index in [4.69, 9.17) is 4.98 Å². The third-order valence-corrected chi connectivity index (χ3v) is 6.01. The Balaban J connectivity index is 1.59. The number of aromatic nitrogens is 2. The van der Waals surface area contributed by atoms with E-state index in [2.05, 4.69) is 43.4 Å². The van der Waals surface area contributed by atoms with Crippen molar-refractivity contribution in [2.24, 2.45) is 17.8 Å². The summed E-state index contributed by atoms with van der Waals surface area (Å²) < 4.78 is 2.54. The molecule has 2 aliphatic heterocycles. The van der Waals surface area contributed by atoms with Crippen molar-refractivity contribution >= 4 is 0 Å². The third-order valence-electron chi connectivity index (χ3n) is 6.01. The average molecular weight is 303 g/mol. The fourth-order valence-corrected chi connectivity index (χ4v) is 4.22. The van der Waals surface area contributed by atoms with Crippen molar-refractivity contribution in [2.45, 2.75) is 72.4 Å². The molecule has 124 valence electrons. The molecule has 0 aromatic carbocycles. The van der Waals surface area contributed by atoms with Gasteiger partial charge in [0.1, 0.15) is 5.82 Å². The normalized spacial score (nSPS) is 24.2. The lowest BCUT2D eigenvalue weighted by Crippen LogP contribution is -2.39. The van der Waals surface area contributed by atoms with Crippen LogP contribution >= 0.6 is 0 Å². The Morgan fingerprint density at radius 2 is 1.82 bits per heavy atom. The Hall–Kier alpha value is -0.830. The Kier molecular flexibility index (Phi) is 4.91. The van der Waals surface area contributed by atoms with Gasteiger partial charge in [0.05, 0.1) is 0 Å². The maximum atomic E-state index is 4.79. The molecule has 2 aliphatic rings. The van der Waals surface area contributed by atoms with Gasteiger partial charge in [-0.25, -0.2) is 4.98 Å². The molecular weight excluding hydrogens is 270 g/mol. The maximum absolute atomic E-state index is 4.79. The van der Waals surface area contributed by atoms with E-state index < -0.39 is 0 Å². The molecule has 1 unspecified atom stereocenters. The number of rotatable bonds is 4. The van der Waals surface area contributed by atoms with E-state index in [1.54, 1.807) is 0 Å². The Morgan fingerprint density at radius 3 is 2.45 bits per heavy atom. The molecule has 0 spiro atoms. The lowest BCUT2D eigenvalue weighted by molar-refractivity contribution is 0.148. The highest BCUT2D eigenvalue weighted by Crippen LogP contribution is 2.29. The lowest BCUT2D eigenvalue weighted by Gasteiger charge is -2.34. The van der Waals surface area contributed by atoms with E-state index in [0.29, 0.717) is 6.04 Å². The van der Waals surface area contributed by atoms with Crippen LogP contribution in [0.3, 0.4) is 0 Å². The second-order valence-corrected chi connectivity index (χ2v) is 8.09. The van der Waals surface area contributed by atoms with Crippen LogP contribution in [0.25, 0.3) is 0 Å². The fraction of sp³-hybridized carbons (Fsp3) is 0.842. The van der Waals surface area contributed by atoms with Crippen LogP contribution in [0.5, 0.6) is 0 Å². The largest absolute Gasteiger partial charge is 0.332 e. The van der Waals surface area contributed by atoms with Crippen LogP contribution < -0.4 is 0 Å². The first-order valence-electron chi connectivity index (χ1n) is 9.32. The molecule has 0 saturated carbocycles. The topological polar surface area (TPSA) is 21.1 Å². The Labute approximate surface area is 136 Å². The molecule has 3 heteroatoms. The smallest absolute Gasteiger partial charge is 0.109 e. The summed E-state index contributed by atoms with van der Waals surface area (Å²) in [5, 5.41) is 0. The number of nitrogens with zero attached hydrogens (tertiary/aromatic N) is 3. The predicted octanol–water partition coefficient (Wildman–Crippen LogP) is 3.76. The number of likely N-dealkylation sites (tertiary alicyclic amines) is 1. The van der Waals surface area contributed by atoms with Gasteiger partial charge in [0.25, 0.3) is 0 Å². The Bertz CT molecular complexity index is 481. The minimum absolute atomic E-state index is 0.702. The highest BCUT2D eigenvalue weighted by atomic mass is 15.1. The van der Waals surface area contributed by atoms with Crippen LogP contribution in [0.2, 0.25) is 0 Å². The molecule has 0 amide bonds. The molecule has 1 saturated heterocycles. The van der Waals surface area contributed by atoms with Crippen molar-refractivity contribution in [3.8, 4) is 0 Å². The molecule has 0 aliphatic carbocycles.